The van der Waals surface area contributed by atoms with Crippen LogP contribution >= 0.6 is 0 Å². The van der Waals surface area contributed by atoms with E-state index in [1.54, 1.807) is 7.11 Å². The summed E-state index contributed by atoms with van der Waals surface area (Å²) in [5, 5.41) is 0. The Kier molecular flexibility index (Phi) is 3.78. The van der Waals surface area contributed by atoms with Crippen LogP contribution in [-0.4, -0.2) is 29.7 Å². The third-order valence-electron chi connectivity index (χ3n) is 3.15. The summed E-state index contributed by atoms with van der Waals surface area (Å²) in [5.74, 6) is 2.09. The van der Waals surface area contributed by atoms with Crippen LogP contribution < -0.4 is 10.6 Å². The summed E-state index contributed by atoms with van der Waals surface area (Å²) in [6.07, 6.45) is 3.72. The van der Waals surface area contributed by atoms with E-state index in [0.717, 1.165) is 12.4 Å². The maximum absolute atomic E-state index is 5.81. The lowest BCUT2D eigenvalue weighted by Gasteiger charge is -2.34. The molecule has 0 aromatic carbocycles. The number of methoxy groups -OCH3 is 1. The number of aromatic nitrogens is 2. The fraction of sp³-hybridized carbons (Fsp3) is 0.667. The SMILES string of the molecule is COCc1nc(N)cc(N2CCCCC2C)n1. The topological polar surface area (TPSA) is 64.3 Å². The van der Waals surface area contributed by atoms with E-state index in [9.17, 15) is 0 Å². The van der Waals surface area contributed by atoms with Gasteiger partial charge in [-0.1, -0.05) is 0 Å². The molecule has 2 N–H and O–H groups in total. The van der Waals surface area contributed by atoms with Gasteiger partial charge in [0.2, 0.25) is 0 Å². The Morgan fingerprint density at radius 3 is 3.00 bits per heavy atom. The van der Waals surface area contributed by atoms with Crippen molar-refractivity contribution in [1.82, 2.24) is 9.97 Å². The summed E-state index contributed by atoms with van der Waals surface area (Å²) in [5.41, 5.74) is 5.81. The number of nitrogen functional groups attached to an aromatic ring is 1. The third-order valence-corrected chi connectivity index (χ3v) is 3.15. The minimum atomic E-state index is 0.403. The fourth-order valence-electron chi connectivity index (χ4n) is 2.28. The van der Waals surface area contributed by atoms with Gasteiger partial charge in [0.1, 0.15) is 18.2 Å². The number of piperidine rings is 1. The summed E-state index contributed by atoms with van der Waals surface area (Å²) < 4.78 is 5.05. The molecule has 1 aliphatic heterocycles. The molecule has 5 heteroatoms. The largest absolute Gasteiger partial charge is 0.384 e. The van der Waals surface area contributed by atoms with Crippen molar-refractivity contribution >= 4 is 11.6 Å². The molecule has 94 valence electrons. The van der Waals surface area contributed by atoms with Gasteiger partial charge in [-0.3, -0.25) is 0 Å². The second kappa shape index (κ2) is 5.31. The summed E-state index contributed by atoms with van der Waals surface area (Å²) in [6, 6.07) is 2.37. The Morgan fingerprint density at radius 2 is 2.29 bits per heavy atom. The van der Waals surface area contributed by atoms with Crippen LogP contribution in [-0.2, 0) is 11.3 Å². The third kappa shape index (κ3) is 2.85. The average molecular weight is 236 g/mol. The molecule has 0 aliphatic carbocycles. The van der Waals surface area contributed by atoms with Gasteiger partial charge in [-0.2, -0.15) is 0 Å². The van der Waals surface area contributed by atoms with Crippen molar-refractivity contribution in [3.63, 3.8) is 0 Å². The smallest absolute Gasteiger partial charge is 0.158 e. The van der Waals surface area contributed by atoms with E-state index in [0.29, 0.717) is 24.3 Å². The Hall–Kier alpha value is -1.36. The maximum atomic E-state index is 5.81. The molecule has 1 fully saturated rings. The standard InChI is InChI=1S/C12H20N4O/c1-9-5-3-4-6-16(9)12-7-10(13)14-11(15-12)8-17-2/h7,9H,3-6,8H2,1-2H3,(H2,13,14,15). The summed E-state index contributed by atoms with van der Waals surface area (Å²) in [4.78, 5) is 11.0. The van der Waals surface area contributed by atoms with Crippen molar-refractivity contribution in [2.75, 3.05) is 24.3 Å². The lowest BCUT2D eigenvalue weighted by molar-refractivity contribution is 0.178. The molecule has 1 aliphatic rings. The van der Waals surface area contributed by atoms with E-state index >= 15 is 0 Å². The van der Waals surface area contributed by atoms with Gasteiger partial charge in [-0.05, 0) is 26.2 Å². The first-order valence-corrected chi connectivity index (χ1v) is 6.09. The first-order valence-electron chi connectivity index (χ1n) is 6.09. The number of anilines is 2. The van der Waals surface area contributed by atoms with Crippen LogP contribution in [0, 0.1) is 0 Å². The van der Waals surface area contributed by atoms with Crippen LogP contribution in [0.1, 0.15) is 32.0 Å². The molecule has 2 rings (SSSR count). The van der Waals surface area contributed by atoms with Crippen LogP contribution in [0.25, 0.3) is 0 Å². The molecule has 0 amide bonds. The highest BCUT2D eigenvalue weighted by atomic mass is 16.5. The van der Waals surface area contributed by atoms with Crippen molar-refractivity contribution in [3.05, 3.63) is 11.9 Å². The van der Waals surface area contributed by atoms with Crippen molar-refractivity contribution in [2.45, 2.75) is 38.8 Å². The predicted octanol–water partition coefficient (Wildman–Crippen LogP) is 1.58. The van der Waals surface area contributed by atoms with Crippen molar-refractivity contribution in [2.24, 2.45) is 0 Å². The average Bonchev–Trinajstić information content (AvgIpc) is 2.29. The van der Waals surface area contributed by atoms with Crippen molar-refractivity contribution in [1.29, 1.82) is 0 Å². The van der Waals surface area contributed by atoms with E-state index in [-0.39, 0.29) is 0 Å². The minimum absolute atomic E-state index is 0.403. The van der Waals surface area contributed by atoms with Crippen LogP contribution in [0.5, 0.6) is 0 Å². The Morgan fingerprint density at radius 1 is 1.47 bits per heavy atom. The van der Waals surface area contributed by atoms with E-state index < -0.39 is 0 Å². The minimum Gasteiger partial charge on any atom is -0.384 e. The van der Waals surface area contributed by atoms with Crippen LogP contribution in [0.3, 0.4) is 0 Å². The van der Waals surface area contributed by atoms with Crippen LogP contribution in [0.4, 0.5) is 11.6 Å². The van der Waals surface area contributed by atoms with Gasteiger partial charge < -0.3 is 15.4 Å². The van der Waals surface area contributed by atoms with E-state index in [1.807, 2.05) is 6.07 Å². The molecule has 17 heavy (non-hydrogen) atoms. The zero-order valence-electron chi connectivity index (χ0n) is 10.5. The molecule has 0 bridgehead atoms. The van der Waals surface area contributed by atoms with Crippen molar-refractivity contribution < 1.29 is 4.74 Å². The molecular weight excluding hydrogens is 216 g/mol. The molecule has 1 atom stereocenters. The highest BCUT2D eigenvalue weighted by Crippen LogP contribution is 2.24. The van der Waals surface area contributed by atoms with Crippen molar-refractivity contribution in [3.8, 4) is 0 Å². The Labute approximate surface area is 102 Å². The highest BCUT2D eigenvalue weighted by Gasteiger charge is 2.20. The normalized spacial score (nSPS) is 20.6. The summed E-state index contributed by atoms with van der Waals surface area (Å²) in [6.45, 7) is 3.68. The molecule has 1 unspecified atom stereocenters. The second-order valence-electron chi connectivity index (χ2n) is 4.54. The first kappa shape index (κ1) is 12.1. The Balaban J connectivity index is 2.24. The van der Waals surface area contributed by atoms with E-state index in [2.05, 4.69) is 21.8 Å². The molecule has 0 spiro atoms. The first-order chi connectivity index (χ1) is 8.20. The molecule has 1 aromatic heterocycles. The molecule has 1 aromatic rings. The number of nitrogens with two attached hydrogens (primary N) is 1. The van der Waals surface area contributed by atoms with Crippen LogP contribution in [0.15, 0.2) is 6.07 Å². The molecule has 5 nitrogen and oxygen atoms in total. The van der Waals surface area contributed by atoms with Gasteiger partial charge in [0, 0.05) is 25.8 Å². The molecule has 0 saturated carbocycles. The highest BCUT2D eigenvalue weighted by molar-refractivity contribution is 5.48. The van der Waals surface area contributed by atoms with E-state index in [1.165, 1.54) is 19.3 Å². The quantitative estimate of drug-likeness (QED) is 0.863. The number of ether oxygens (including phenoxy) is 1. The zero-order chi connectivity index (χ0) is 12.3. The predicted molar refractivity (Wildman–Crippen MR) is 67.8 cm³/mol. The lowest BCUT2D eigenvalue weighted by atomic mass is 10.0. The molecule has 1 saturated heterocycles. The second-order valence-corrected chi connectivity index (χ2v) is 4.54. The number of hydrogen-bond donors (Lipinski definition) is 1. The number of rotatable bonds is 3. The maximum Gasteiger partial charge on any atom is 0.158 e. The van der Waals surface area contributed by atoms with Gasteiger partial charge in [0.15, 0.2) is 5.82 Å². The lowest BCUT2D eigenvalue weighted by Crippen LogP contribution is -2.38. The monoisotopic (exact) mass is 236 g/mol. The number of nitrogens with zero attached hydrogens (tertiary/aromatic N) is 3. The molecule has 2 heterocycles. The summed E-state index contributed by atoms with van der Waals surface area (Å²) in [7, 11) is 1.63. The van der Waals surface area contributed by atoms with Gasteiger partial charge in [-0.25, -0.2) is 9.97 Å². The van der Waals surface area contributed by atoms with Gasteiger partial charge >= 0.3 is 0 Å². The summed E-state index contributed by atoms with van der Waals surface area (Å²) >= 11 is 0. The van der Waals surface area contributed by atoms with Gasteiger partial charge in [0.05, 0.1) is 0 Å². The van der Waals surface area contributed by atoms with Gasteiger partial charge in [-0.15, -0.1) is 0 Å². The zero-order valence-corrected chi connectivity index (χ0v) is 10.5. The fourth-order valence-corrected chi connectivity index (χ4v) is 2.28. The Bertz CT molecular complexity index is 383. The molecule has 0 radical (unpaired) electrons. The van der Waals surface area contributed by atoms with Gasteiger partial charge in [0.25, 0.3) is 0 Å². The molecular formula is C12H20N4O. The van der Waals surface area contributed by atoms with Crippen LogP contribution in [0.2, 0.25) is 0 Å². The van der Waals surface area contributed by atoms with E-state index in [4.69, 9.17) is 10.5 Å². The number of hydrogen-bond acceptors (Lipinski definition) is 5.